The molecule has 2 aromatic rings. The average Bonchev–Trinajstić information content (AvgIpc) is 3.16. The van der Waals surface area contributed by atoms with E-state index in [0.717, 1.165) is 37.8 Å². The summed E-state index contributed by atoms with van der Waals surface area (Å²) in [5.41, 5.74) is 1.20. The van der Waals surface area contributed by atoms with Gasteiger partial charge in [-0.05, 0) is 36.4 Å². The molecule has 26 heavy (non-hydrogen) atoms. The molecule has 6 heteroatoms. The molecule has 0 amide bonds. The fraction of sp³-hybridized carbons (Fsp3) is 0.450. The van der Waals surface area contributed by atoms with E-state index in [2.05, 4.69) is 60.8 Å². The van der Waals surface area contributed by atoms with Gasteiger partial charge in [0.1, 0.15) is 5.75 Å². The van der Waals surface area contributed by atoms with Gasteiger partial charge in [0.2, 0.25) is 0 Å². The Hall–Kier alpha value is -1.28. The molecule has 2 rings (SSSR count). The molecule has 0 fully saturated rings. The van der Waals surface area contributed by atoms with Crippen molar-refractivity contribution in [3.63, 3.8) is 0 Å². The molecule has 0 saturated carbocycles. The fourth-order valence-corrected chi connectivity index (χ4v) is 3.40. The van der Waals surface area contributed by atoms with Gasteiger partial charge in [0.25, 0.3) is 0 Å². The predicted octanol–water partition coefficient (Wildman–Crippen LogP) is 4.62. The van der Waals surface area contributed by atoms with Crippen molar-refractivity contribution in [1.82, 2.24) is 10.2 Å². The predicted molar refractivity (Wildman–Crippen MR) is 123 cm³/mol. The van der Waals surface area contributed by atoms with Crippen molar-refractivity contribution in [1.29, 1.82) is 0 Å². The minimum atomic E-state index is 0. The zero-order valence-corrected chi connectivity index (χ0v) is 19.2. The van der Waals surface area contributed by atoms with Gasteiger partial charge in [0.05, 0.1) is 7.11 Å². The van der Waals surface area contributed by atoms with Crippen molar-refractivity contribution in [2.45, 2.75) is 26.2 Å². The van der Waals surface area contributed by atoms with Crippen molar-refractivity contribution in [2.75, 3.05) is 33.8 Å². The topological polar surface area (TPSA) is 36.9 Å². The Bertz CT molecular complexity index is 661. The van der Waals surface area contributed by atoms with Crippen LogP contribution in [0, 0.1) is 0 Å². The van der Waals surface area contributed by atoms with Crippen LogP contribution in [-0.2, 0) is 6.42 Å². The molecule has 0 spiro atoms. The van der Waals surface area contributed by atoms with E-state index >= 15 is 0 Å². The summed E-state index contributed by atoms with van der Waals surface area (Å²) in [5, 5.41) is 5.52. The normalized spacial score (nSPS) is 12.2. The van der Waals surface area contributed by atoms with E-state index in [0.29, 0.717) is 5.92 Å². The van der Waals surface area contributed by atoms with E-state index in [1.165, 1.54) is 10.4 Å². The summed E-state index contributed by atoms with van der Waals surface area (Å²) in [6, 6.07) is 12.5. The Balaban J connectivity index is 0.00000338. The lowest BCUT2D eigenvalue weighted by atomic mass is 10.0. The van der Waals surface area contributed by atoms with Crippen molar-refractivity contribution in [2.24, 2.45) is 4.99 Å². The summed E-state index contributed by atoms with van der Waals surface area (Å²) in [4.78, 5) is 8.46. The number of likely N-dealkylation sites (N-methyl/N-ethyl adjacent to an activating group) is 1. The van der Waals surface area contributed by atoms with Crippen LogP contribution in [0.25, 0.3) is 0 Å². The van der Waals surface area contributed by atoms with Gasteiger partial charge in [0, 0.05) is 37.5 Å². The van der Waals surface area contributed by atoms with Crippen LogP contribution in [0.3, 0.4) is 0 Å². The zero-order chi connectivity index (χ0) is 18.1. The van der Waals surface area contributed by atoms with E-state index in [4.69, 9.17) is 9.73 Å². The molecular formula is C20H30IN3OS. The quantitative estimate of drug-likeness (QED) is 0.336. The Morgan fingerprint density at radius 3 is 2.69 bits per heavy atom. The third kappa shape index (κ3) is 6.79. The summed E-state index contributed by atoms with van der Waals surface area (Å²) in [6.07, 6.45) is 1.04. The number of guanidine groups is 1. The van der Waals surface area contributed by atoms with Crippen LogP contribution in [-0.4, -0.2) is 44.7 Å². The number of benzene rings is 1. The number of aliphatic imine (C=N–C) groups is 1. The number of thiophene rings is 1. The van der Waals surface area contributed by atoms with Crippen LogP contribution in [0.5, 0.6) is 5.75 Å². The lowest BCUT2D eigenvalue weighted by Crippen LogP contribution is -2.40. The van der Waals surface area contributed by atoms with Crippen molar-refractivity contribution in [3.05, 3.63) is 52.2 Å². The Morgan fingerprint density at radius 2 is 2.04 bits per heavy atom. The maximum Gasteiger partial charge on any atom is 0.193 e. The van der Waals surface area contributed by atoms with Gasteiger partial charge >= 0.3 is 0 Å². The second kappa shape index (κ2) is 12.2. The number of nitrogens with one attached hydrogen (secondary N) is 1. The van der Waals surface area contributed by atoms with Gasteiger partial charge in [-0.3, -0.25) is 4.99 Å². The van der Waals surface area contributed by atoms with Gasteiger partial charge in [-0.15, -0.1) is 35.3 Å². The Kier molecular flexibility index (Phi) is 10.7. The van der Waals surface area contributed by atoms with E-state index in [1.807, 2.05) is 23.5 Å². The monoisotopic (exact) mass is 487 g/mol. The van der Waals surface area contributed by atoms with Gasteiger partial charge in [0.15, 0.2) is 5.96 Å². The molecule has 0 aliphatic carbocycles. The first-order valence-electron chi connectivity index (χ1n) is 8.80. The molecule has 0 radical (unpaired) electrons. The highest BCUT2D eigenvalue weighted by molar-refractivity contribution is 14.0. The number of nitrogens with zero attached hydrogens (tertiary/aromatic N) is 2. The fourth-order valence-electron chi connectivity index (χ4n) is 2.70. The Labute approximate surface area is 178 Å². The first-order chi connectivity index (χ1) is 12.2. The number of rotatable bonds is 8. The number of halogens is 1. The minimum Gasteiger partial charge on any atom is -0.496 e. The first kappa shape index (κ1) is 22.8. The van der Waals surface area contributed by atoms with Crippen molar-refractivity contribution in [3.8, 4) is 5.75 Å². The molecule has 144 valence electrons. The van der Waals surface area contributed by atoms with Gasteiger partial charge in [-0.2, -0.15) is 0 Å². The standard InChI is InChI=1S/C20H29N3OS.HI/c1-5-21-20(23(3)13-12-17-9-8-14-25-17)22-15-16(2)18-10-6-7-11-19(18)24-4;/h6-11,14,16H,5,12-13,15H2,1-4H3,(H,21,22);1H. The summed E-state index contributed by atoms with van der Waals surface area (Å²) in [6.45, 7) is 6.84. The molecular weight excluding hydrogens is 457 g/mol. The Morgan fingerprint density at radius 1 is 1.27 bits per heavy atom. The molecule has 1 heterocycles. The largest absolute Gasteiger partial charge is 0.496 e. The zero-order valence-electron chi connectivity index (χ0n) is 16.1. The van der Waals surface area contributed by atoms with E-state index in [1.54, 1.807) is 7.11 Å². The molecule has 1 aromatic carbocycles. The summed E-state index contributed by atoms with van der Waals surface area (Å²) in [7, 11) is 3.82. The highest BCUT2D eigenvalue weighted by Crippen LogP contribution is 2.26. The number of hydrogen-bond acceptors (Lipinski definition) is 3. The maximum absolute atomic E-state index is 5.47. The van der Waals surface area contributed by atoms with Gasteiger partial charge in [-0.1, -0.05) is 31.2 Å². The molecule has 1 aromatic heterocycles. The second-order valence-corrected chi connectivity index (χ2v) is 7.12. The van der Waals surface area contributed by atoms with Crippen molar-refractivity contribution >= 4 is 41.3 Å². The first-order valence-corrected chi connectivity index (χ1v) is 9.68. The summed E-state index contributed by atoms with van der Waals surface area (Å²) < 4.78 is 5.47. The second-order valence-electron chi connectivity index (χ2n) is 6.09. The van der Waals surface area contributed by atoms with E-state index < -0.39 is 0 Å². The molecule has 0 aliphatic rings. The third-order valence-electron chi connectivity index (χ3n) is 4.15. The number of hydrogen-bond donors (Lipinski definition) is 1. The van der Waals surface area contributed by atoms with Crippen LogP contribution in [0.2, 0.25) is 0 Å². The smallest absolute Gasteiger partial charge is 0.193 e. The molecule has 0 bridgehead atoms. The molecule has 0 saturated heterocycles. The molecule has 4 nitrogen and oxygen atoms in total. The average molecular weight is 487 g/mol. The maximum atomic E-state index is 5.47. The minimum absolute atomic E-state index is 0. The SMILES string of the molecule is CCNC(=NCC(C)c1ccccc1OC)N(C)CCc1cccs1.I. The van der Waals surface area contributed by atoms with Crippen LogP contribution >= 0.6 is 35.3 Å². The molecule has 1 unspecified atom stereocenters. The number of ether oxygens (including phenoxy) is 1. The van der Waals surface area contributed by atoms with Crippen LogP contribution < -0.4 is 10.1 Å². The van der Waals surface area contributed by atoms with Gasteiger partial charge in [-0.25, -0.2) is 0 Å². The van der Waals surface area contributed by atoms with Gasteiger partial charge < -0.3 is 15.0 Å². The summed E-state index contributed by atoms with van der Waals surface area (Å²) >= 11 is 1.81. The van der Waals surface area contributed by atoms with Crippen LogP contribution in [0.4, 0.5) is 0 Å². The van der Waals surface area contributed by atoms with Crippen LogP contribution in [0.15, 0.2) is 46.8 Å². The molecule has 1 atom stereocenters. The number of methoxy groups -OCH3 is 1. The van der Waals surface area contributed by atoms with Crippen LogP contribution in [0.1, 0.15) is 30.2 Å². The third-order valence-corrected chi connectivity index (χ3v) is 5.09. The van der Waals surface area contributed by atoms with E-state index in [9.17, 15) is 0 Å². The number of para-hydroxylation sites is 1. The molecule has 0 aliphatic heterocycles. The van der Waals surface area contributed by atoms with Crippen molar-refractivity contribution < 1.29 is 4.74 Å². The van der Waals surface area contributed by atoms with E-state index in [-0.39, 0.29) is 24.0 Å². The highest BCUT2D eigenvalue weighted by Gasteiger charge is 2.12. The molecule has 1 N–H and O–H groups in total. The summed E-state index contributed by atoms with van der Waals surface area (Å²) in [5.74, 6) is 2.19. The lowest BCUT2D eigenvalue weighted by molar-refractivity contribution is 0.406. The lowest BCUT2D eigenvalue weighted by Gasteiger charge is -2.22. The highest BCUT2D eigenvalue weighted by atomic mass is 127.